The van der Waals surface area contributed by atoms with Crippen LogP contribution in [0.4, 0.5) is 10.2 Å². The number of anilines is 1. The molecule has 0 bridgehead atoms. The maximum absolute atomic E-state index is 13.9. The fourth-order valence-electron chi connectivity index (χ4n) is 2.70. The molecule has 21 heavy (non-hydrogen) atoms. The quantitative estimate of drug-likeness (QED) is 0.899. The molecule has 1 aliphatic rings. The molecule has 0 spiro atoms. The standard InChI is InChI=1S/C14H13BrFN3O2/c15-9-3-4-10(16)12-11(9)13(18-7-17-12)19-5-1-2-8(6-19)14(20)21/h3-4,7-8H,1-2,5-6H2,(H,20,21). The monoisotopic (exact) mass is 353 g/mol. The molecule has 1 aromatic heterocycles. The number of piperidine rings is 1. The highest BCUT2D eigenvalue weighted by atomic mass is 79.9. The first-order valence-corrected chi connectivity index (χ1v) is 7.43. The van der Waals surface area contributed by atoms with E-state index in [0.29, 0.717) is 35.2 Å². The summed E-state index contributed by atoms with van der Waals surface area (Å²) < 4.78 is 14.6. The Bertz CT molecular complexity index is 710. The summed E-state index contributed by atoms with van der Waals surface area (Å²) in [5.74, 6) is -1.06. The molecule has 0 aliphatic carbocycles. The van der Waals surface area contributed by atoms with Crippen LogP contribution in [0.15, 0.2) is 22.9 Å². The van der Waals surface area contributed by atoms with Gasteiger partial charge in [0, 0.05) is 17.6 Å². The highest BCUT2D eigenvalue weighted by Gasteiger charge is 2.27. The van der Waals surface area contributed by atoms with Gasteiger partial charge in [0.05, 0.1) is 11.3 Å². The molecule has 7 heteroatoms. The number of carboxylic acid groups (broad SMARTS) is 1. The number of halogens is 2. The number of nitrogens with zero attached hydrogens (tertiary/aromatic N) is 3. The second kappa shape index (κ2) is 5.55. The van der Waals surface area contributed by atoms with Crippen LogP contribution in [0.3, 0.4) is 0 Å². The van der Waals surface area contributed by atoms with E-state index in [9.17, 15) is 14.3 Å². The van der Waals surface area contributed by atoms with Gasteiger partial charge >= 0.3 is 5.97 Å². The van der Waals surface area contributed by atoms with Crippen LogP contribution < -0.4 is 4.90 Å². The summed E-state index contributed by atoms with van der Waals surface area (Å²) >= 11 is 3.40. The van der Waals surface area contributed by atoms with Crippen LogP contribution in [-0.4, -0.2) is 34.1 Å². The normalized spacial score (nSPS) is 19.0. The molecule has 0 saturated carbocycles. The first-order chi connectivity index (χ1) is 10.1. The lowest BCUT2D eigenvalue weighted by Gasteiger charge is -2.32. The van der Waals surface area contributed by atoms with Crippen molar-refractivity contribution in [2.24, 2.45) is 5.92 Å². The molecule has 1 saturated heterocycles. The van der Waals surface area contributed by atoms with Crippen LogP contribution in [0.1, 0.15) is 12.8 Å². The van der Waals surface area contributed by atoms with E-state index in [1.807, 2.05) is 4.90 Å². The largest absolute Gasteiger partial charge is 0.481 e. The van der Waals surface area contributed by atoms with Crippen molar-refractivity contribution in [3.8, 4) is 0 Å². The van der Waals surface area contributed by atoms with Crippen LogP contribution in [0, 0.1) is 11.7 Å². The summed E-state index contributed by atoms with van der Waals surface area (Å²) in [5, 5.41) is 9.77. The van der Waals surface area contributed by atoms with Crippen LogP contribution in [0.25, 0.3) is 10.9 Å². The topological polar surface area (TPSA) is 66.3 Å². The average molecular weight is 354 g/mol. The third kappa shape index (κ3) is 2.57. The molecule has 110 valence electrons. The fraction of sp³-hybridized carbons (Fsp3) is 0.357. The smallest absolute Gasteiger partial charge is 0.308 e. The second-order valence-electron chi connectivity index (χ2n) is 5.07. The van der Waals surface area contributed by atoms with Crippen molar-refractivity contribution in [1.29, 1.82) is 0 Å². The van der Waals surface area contributed by atoms with Crippen LogP contribution in [0.5, 0.6) is 0 Å². The molecular formula is C14H13BrFN3O2. The first-order valence-electron chi connectivity index (χ1n) is 6.64. The zero-order chi connectivity index (χ0) is 15.0. The predicted octanol–water partition coefficient (Wildman–Crippen LogP) is 2.83. The predicted molar refractivity (Wildman–Crippen MR) is 79.8 cm³/mol. The summed E-state index contributed by atoms with van der Waals surface area (Å²) in [6.45, 7) is 1.09. The Balaban J connectivity index is 2.08. The number of fused-ring (bicyclic) bond motifs is 1. The highest BCUT2D eigenvalue weighted by molar-refractivity contribution is 9.10. The Morgan fingerprint density at radius 2 is 2.24 bits per heavy atom. The number of hydrogen-bond acceptors (Lipinski definition) is 4. The van der Waals surface area contributed by atoms with E-state index in [-0.39, 0.29) is 5.52 Å². The Hall–Kier alpha value is -1.76. The summed E-state index contributed by atoms with van der Waals surface area (Å²) in [4.78, 5) is 21.3. The molecule has 5 nitrogen and oxygen atoms in total. The Kier molecular flexibility index (Phi) is 3.75. The van der Waals surface area contributed by atoms with E-state index in [1.54, 1.807) is 6.07 Å². The van der Waals surface area contributed by atoms with Crippen molar-refractivity contribution in [2.75, 3.05) is 18.0 Å². The summed E-state index contributed by atoms with van der Waals surface area (Å²) in [7, 11) is 0. The average Bonchev–Trinajstić information content (AvgIpc) is 2.50. The Morgan fingerprint density at radius 1 is 1.43 bits per heavy atom. The second-order valence-corrected chi connectivity index (χ2v) is 5.93. The van der Waals surface area contributed by atoms with Gasteiger partial charge in [-0.25, -0.2) is 14.4 Å². The zero-order valence-electron chi connectivity index (χ0n) is 11.1. The zero-order valence-corrected chi connectivity index (χ0v) is 12.7. The van der Waals surface area contributed by atoms with Gasteiger partial charge in [0.15, 0.2) is 0 Å². The van der Waals surface area contributed by atoms with Crippen molar-refractivity contribution in [3.63, 3.8) is 0 Å². The molecule has 3 rings (SSSR count). The van der Waals surface area contributed by atoms with Crippen LogP contribution in [0.2, 0.25) is 0 Å². The molecule has 0 radical (unpaired) electrons. The van der Waals surface area contributed by atoms with Gasteiger partial charge in [0.25, 0.3) is 0 Å². The van der Waals surface area contributed by atoms with Gasteiger partial charge in [-0.05, 0) is 40.9 Å². The number of hydrogen-bond donors (Lipinski definition) is 1. The van der Waals surface area contributed by atoms with Crippen LogP contribution >= 0.6 is 15.9 Å². The minimum Gasteiger partial charge on any atom is -0.481 e. The van der Waals surface area contributed by atoms with Gasteiger partial charge in [-0.1, -0.05) is 0 Å². The van der Waals surface area contributed by atoms with E-state index in [0.717, 1.165) is 6.42 Å². The maximum Gasteiger partial charge on any atom is 0.308 e. The summed E-state index contributed by atoms with van der Waals surface area (Å²) in [6, 6.07) is 2.96. The molecular weight excluding hydrogens is 341 g/mol. The summed E-state index contributed by atoms with van der Waals surface area (Å²) in [6.07, 6.45) is 2.75. The molecule has 2 heterocycles. The van der Waals surface area contributed by atoms with Gasteiger partial charge in [-0.15, -0.1) is 0 Å². The van der Waals surface area contributed by atoms with Gasteiger partial charge in [0.2, 0.25) is 0 Å². The minimum absolute atomic E-state index is 0.242. The lowest BCUT2D eigenvalue weighted by Crippen LogP contribution is -2.39. The highest BCUT2D eigenvalue weighted by Crippen LogP contribution is 2.33. The molecule has 1 N–H and O–H groups in total. The maximum atomic E-state index is 13.9. The van der Waals surface area contributed by atoms with Crippen molar-refractivity contribution in [3.05, 3.63) is 28.7 Å². The lowest BCUT2D eigenvalue weighted by atomic mass is 9.98. The molecule has 1 aromatic carbocycles. The number of aromatic nitrogens is 2. The number of rotatable bonds is 2. The van der Waals surface area contributed by atoms with E-state index >= 15 is 0 Å². The van der Waals surface area contributed by atoms with E-state index in [1.165, 1.54) is 12.4 Å². The third-order valence-corrected chi connectivity index (χ3v) is 4.40. The van der Waals surface area contributed by atoms with Gasteiger partial charge in [0.1, 0.15) is 23.5 Å². The number of carbonyl (C=O) groups is 1. The number of benzene rings is 1. The molecule has 1 aliphatic heterocycles. The fourth-order valence-corrected chi connectivity index (χ4v) is 3.19. The molecule has 2 aromatic rings. The van der Waals surface area contributed by atoms with Crippen molar-refractivity contribution >= 4 is 38.6 Å². The molecule has 1 atom stereocenters. The third-order valence-electron chi connectivity index (χ3n) is 3.74. The van der Waals surface area contributed by atoms with Gasteiger partial charge in [-0.3, -0.25) is 4.79 Å². The van der Waals surface area contributed by atoms with Crippen molar-refractivity contribution in [2.45, 2.75) is 12.8 Å². The minimum atomic E-state index is -0.802. The summed E-state index contributed by atoms with van der Waals surface area (Å²) in [5.41, 5.74) is 0.242. The number of carboxylic acids is 1. The van der Waals surface area contributed by atoms with E-state index < -0.39 is 17.7 Å². The molecule has 0 amide bonds. The van der Waals surface area contributed by atoms with Crippen LogP contribution in [-0.2, 0) is 4.79 Å². The van der Waals surface area contributed by atoms with E-state index in [4.69, 9.17) is 0 Å². The van der Waals surface area contributed by atoms with Crippen molar-refractivity contribution < 1.29 is 14.3 Å². The Morgan fingerprint density at radius 3 is 3.00 bits per heavy atom. The van der Waals surface area contributed by atoms with Gasteiger partial charge < -0.3 is 10.0 Å². The SMILES string of the molecule is O=C(O)C1CCCN(c2ncnc3c(F)ccc(Br)c23)C1. The lowest BCUT2D eigenvalue weighted by molar-refractivity contribution is -0.141. The van der Waals surface area contributed by atoms with Gasteiger partial charge in [-0.2, -0.15) is 0 Å². The molecule has 1 unspecified atom stereocenters. The molecule has 1 fully saturated rings. The number of aliphatic carboxylic acids is 1. The first kappa shape index (κ1) is 14.2. The van der Waals surface area contributed by atoms with E-state index in [2.05, 4.69) is 25.9 Å². The van der Waals surface area contributed by atoms with Crippen molar-refractivity contribution in [1.82, 2.24) is 9.97 Å². The Labute approximate surface area is 128 Å².